The molecule has 2 aromatic carbocycles. The highest BCUT2D eigenvalue weighted by Gasteiger charge is 2.29. The molecule has 1 aliphatic heterocycles. The Hall–Kier alpha value is -3.22. The molecule has 32 heavy (non-hydrogen) atoms. The molecule has 0 unspecified atom stereocenters. The average Bonchev–Trinajstić information content (AvgIpc) is 2.82. The zero-order chi connectivity index (χ0) is 23.1. The molecule has 3 rings (SSSR count). The molecule has 2 amide bonds. The number of nitrogens with zero attached hydrogens (tertiary/aromatic N) is 2. The number of hydrogen-bond donors (Lipinski definition) is 0. The number of carbonyl (C=O) groups is 2. The van der Waals surface area contributed by atoms with Crippen molar-refractivity contribution in [2.45, 2.75) is 19.8 Å². The van der Waals surface area contributed by atoms with Crippen LogP contribution in [0.5, 0.6) is 17.2 Å². The van der Waals surface area contributed by atoms with E-state index in [0.717, 1.165) is 11.3 Å². The lowest BCUT2D eigenvalue weighted by Gasteiger charge is -2.33. The standard InChI is InChI=1S/C25H32N2O5/c1-18-6-5-7-21(14-18)32-13-12-26(2)24(28)19-8-10-27(11-9-19)25(29)20-15-22(30-3)17-23(16-20)31-4/h5-7,14-17,19H,8-13H2,1-4H3. The smallest absolute Gasteiger partial charge is 0.254 e. The number of likely N-dealkylation sites (tertiary alicyclic amines) is 1. The fraction of sp³-hybridized carbons (Fsp3) is 0.440. The van der Waals surface area contributed by atoms with Crippen LogP contribution in [0.3, 0.4) is 0 Å². The van der Waals surface area contributed by atoms with E-state index in [1.165, 1.54) is 0 Å². The van der Waals surface area contributed by atoms with Crippen LogP contribution in [-0.4, -0.2) is 69.1 Å². The molecule has 1 heterocycles. The van der Waals surface area contributed by atoms with Crippen LogP contribution in [0.2, 0.25) is 0 Å². The summed E-state index contributed by atoms with van der Waals surface area (Å²) in [5.41, 5.74) is 1.66. The Bertz CT molecular complexity index is 915. The Morgan fingerprint density at radius 2 is 1.66 bits per heavy atom. The number of piperidine rings is 1. The number of carbonyl (C=O) groups excluding carboxylic acids is 2. The number of methoxy groups -OCH3 is 2. The van der Waals surface area contributed by atoms with Crippen molar-refractivity contribution in [1.82, 2.24) is 9.80 Å². The third kappa shape index (κ3) is 5.93. The average molecular weight is 441 g/mol. The lowest BCUT2D eigenvalue weighted by atomic mass is 9.95. The minimum absolute atomic E-state index is 0.0759. The van der Waals surface area contributed by atoms with Crippen molar-refractivity contribution in [2.24, 2.45) is 5.92 Å². The minimum atomic E-state index is -0.0807. The van der Waals surface area contributed by atoms with E-state index in [4.69, 9.17) is 14.2 Å². The van der Waals surface area contributed by atoms with E-state index in [1.807, 2.05) is 38.2 Å². The molecular weight excluding hydrogens is 408 g/mol. The van der Waals surface area contributed by atoms with Crippen LogP contribution in [-0.2, 0) is 4.79 Å². The molecule has 0 saturated carbocycles. The van der Waals surface area contributed by atoms with Gasteiger partial charge in [-0.1, -0.05) is 12.1 Å². The Balaban J connectivity index is 1.49. The van der Waals surface area contributed by atoms with Crippen LogP contribution >= 0.6 is 0 Å². The number of rotatable bonds is 8. The second kappa shape index (κ2) is 10.9. The summed E-state index contributed by atoms with van der Waals surface area (Å²) in [5.74, 6) is 1.91. The van der Waals surface area contributed by atoms with E-state index in [2.05, 4.69) is 0 Å². The summed E-state index contributed by atoms with van der Waals surface area (Å²) in [6, 6.07) is 13.0. The molecule has 7 nitrogen and oxygen atoms in total. The van der Waals surface area contributed by atoms with Gasteiger partial charge in [-0.15, -0.1) is 0 Å². The third-order valence-electron chi connectivity index (χ3n) is 5.79. The maximum Gasteiger partial charge on any atom is 0.254 e. The van der Waals surface area contributed by atoms with Gasteiger partial charge in [0.1, 0.15) is 23.9 Å². The topological polar surface area (TPSA) is 68.3 Å². The van der Waals surface area contributed by atoms with Gasteiger partial charge >= 0.3 is 0 Å². The van der Waals surface area contributed by atoms with Crippen molar-refractivity contribution in [3.63, 3.8) is 0 Å². The molecule has 1 saturated heterocycles. The maximum atomic E-state index is 12.9. The first-order valence-electron chi connectivity index (χ1n) is 10.9. The highest BCUT2D eigenvalue weighted by molar-refractivity contribution is 5.95. The first-order valence-corrected chi connectivity index (χ1v) is 10.9. The minimum Gasteiger partial charge on any atom is -0.497 e. The van der Waals surface area contributed by atoms with Gasteiger partial charge in [0.25, 0.3) is 5.91 Å². The van der Waals surface area contributed by atoms with Crippen molar-refractivity contribution in [1.29, 1.82) is 0 Å². The number of amides is 2. The molecule has 0 aromatic heterocycles. The van der Waals surface area contributed by atoms with Crippen LogP contribution in [0, 0.1) is 12.8 Å². The fourth-order valence-electron chi connectivity index (χ4n) is 3.87. The fourth-order valence-corrected chi connectivity index (χ4v) is 3.87. The first kappa shape index (κ1) is 23.4. The lowest BCUT2D eigenvalue weighted by molar-refractivity contribution is -0.135. The SMILES string of the molecule is COc1cc(OC)cc(C(=O)N2CCC(C(=O)N(C)CCOc3cccc(C)c3)CC2)c1. The van der Waals surface area contributed by atoms with Gasteiger partial charge in [0.2, 0.25) is 5.91 Å². The molecule has 7 heteroatoms. The van der Waals surface area contributed by atoms with Crippen LogP contribution < -0.4 is 14.2 Å². The number of aryl methyl sites for hydroxylation is 1. The van der Waals surface area contributed by atoms with Crippen molar-refractivity contribution >= 4 is 11.8 Å². The first-order chi connectivity index (χ1) is 15.4. The largest absolute Gasteiger partial charge is 0.497 e. The summed E-state index contributed by atoms with van der Waals surface area (Å²) in [7, 11) is 4.92. The van der Waals surface area contributed by atoms with Crippen molar-refractivity contribution in [3.8, 4) is 17.2 Å². The number of likely N-dealkylation sites (N-methyl/N-ethyl adjacent to an activating group) is 1. The van der Waals surface area contributed by atoms with Gasteiger partial charge in [-0.25, -0.2) is 0 Å². The van der Waals surface area contributed by atoms with E-state index in [-0.39, 0.29) is 17.7 Å². The Morgan fingerprint density at radius 3 is 2.25 bits per heavy atom. The predicted molar refractivity (Wildman–Crippen MR) is 122 cm³/mol. The predicted octanol–water partition coefficient (Wildman–Crippen LogP) is 3.40. The highest BCUT2D eigenvalue weighted by Crippen LogP contribution is 2.26. The highest BCUT2D eigenvalue weighted by atomic mass is 16.5. The van der Waals surface area contributed by atoms with E-state index in [1.54, 1.807) is 42.2 Å². The third-order valence-corrected chi connectivity index (χ3v) is 5.79. The summed E-state index contributed by atoms with van der Waals surface area (Å²) in [6.07, 6.45) is 1.30. The van der Waals surface area contributed by atoms with Gasteiger partial charge in [-0.3, -0.25) is 9.59 Å². The second-order valence-corrected chi connectivity index (χ2v) is 8.09. The summed E-state index contributed by atoms with van der Waals surface area (Å²) >= 11 is 0. The number of ether oxygens (including phenoxy) is 3. The summed E-state index contributed by atoms with van der Waals surface area (Å²) in [5, 5.41) is 0. The van der Waals surface area contributed by atoms with Gasteiger partial charge < -0.3 is 24.0 Å². The molecule has 0 aliphatic carbocycles. The molecule has 1 fully saturated rings. The molecule has 0 atom stereocenters. The number of hydrogen-bond acceptors (Lipinski definition) is 5. The van der Waals surface area contributed by atoms with E-state index < -0.39 is 0 Å². The maximum absolute atomic E-state index is 12.9. The Morgan fingerprint density at radius 1 is 1.00 bits per heavy atom. The van der Waals surface area contributed by atoms with Gasteiger partial charge in [-0.2, -0.15) is 0 Å². The van der Waals surface area contributed by atoms with Crippen molar-refractivity contribution < 1.29 is 23.8 Å². The Kier molecular flexibility index (Phi) is 7.98. The zero-order valence-electron chi connectivity index (χ0n) is 19.3. The normalized spacial score (nSPS) is 14.1. The van der Waals surface area contributed by atoms with Gasteiger partial charge in [0.15, 0.2) is 0 Å². The zero-order valence-corrected chi connectivity index (χ0v) is 19.3. The van der Waals surface area contributed by atoms with Crippen molar-refractivity contribution in [3.05, 3.63) is 53.6 Å². The van der Waals surface area contributed by atoms with E-state index >= 15 is 0 Å². The molecule has 0 radical (unpaired) electrons. The monoisotopic (exact) mass is 440 g/mol. The van der Waals surface area contributed by atoms with Gasteiger partial charge in [-0.05, 0) is 49.6 Å². The van der Waals surface area contributed by atoms with E-state index in [0.29, 0.717) is 56.1 Å². The summed E-state index contributed by atoms with van der Waals surface area (Å²) in [4.78, 5) is 29.3. The molecule has 1 aliphatic rings. The second-order valence-electron chi connectivity index (χ2n) is 8.09. The van der Waals surface area contributed by atoms with Gasteiger partial charge in [0, 0.05) is 37.7 Å². The van der Waals surface area contributed by atoms with Crippen LogP contribution in [0.1, 0.15) is 28.8 Å². The summed E-state index contributed by atoms with van der Waals surface area (Å²) in [6.45, 7) is 4.07. The molecule has 0 bridgehead atoms. The van der Waals surface area contributed by atoms with Crippen LogP contribution in [0.25, 0.3) is 0 Å². The summed E-state index contributed by atoms with van der Waals surface area (Å²) < 4.78 is 16.3. The molecule has 0 N–H and O–H groups in total. The quantitative estimate of drug-likeness (QED) is 0.629. The van der Waals surface area contributed by atoms with E-state index in [9.17, 15) is 9.59 Å². The van der Waals surface area contributed by atoms with Crippen LogP contribution in [0.15, 0.2) is 42.5 Å². The van der Waals surface area contributed by atoms with Crippen LogP contribution in [0.4, 0.5) is 0 Å². The van der Waals surface area contributed by atoms with Crippen molar-refractivity contribution in [2.75, 3.05) is 47.5 Å². The Labute approximate surface area is 189 Å². The molecule has 0 spiro atoms. The molecular formula is C25H32N2O5. The molecule has 172 valence electrons. The van der Waals surface area contributed by atoms with Gasteiger partial charge in [0.05, 0.1) is 20.8 Å². The lowest BCUT2D eigenvalue weighted by Crippen LogP contribution is -2.44. The number of benzene rings is 2. The molecule has 2 aromatic rings.